The average Bonchev–Trinajstić information content (AvgIpc) is 2.88. The van der Waals surface area contributed by atoms with Crippen LogP contribution in [0.25, 0.3) is 34.4 Å². The van der Waals surface area contributed by atoms with E-state index in [1.807, 2.05) is 46.2 Å². The number of benzene rings is 3. The molecule has 3 rings (SSSR count). The Balaban J connectivity index is 2.26. The highest BCUT2D eigenvalue weighted by Crippen LogP contribution is 2.39. The molecule has 0 aliphatic rings. The Morgan fingerprint density at radius 3 is 2.03 bits per heavy atom. The van der Waals surface area contributed by atoms with Crippen molar-refractivity contribution >= 4 is 29.0 Å². The molecule has 0 N–H and O–H groups in total. The van der Waals surface area contributed by atoms with E-state index >= 15 is 0 Å². The van der Waals surface area contributed by atoms with E-state index in [9.17, 15) is 0 Å². The van der Waals surface area contributed by atoms with Gasteiger partial charge in [-0.3, -0.25) is 0 Å². The van der Waals surface area contributed by atoms with Crippen LogP contribution in [0.5, 0.6) is 17.2 Å². The van der Waals surface area contributed by atoms with Crippen LogP contribution < -0.4 is 19.1 Å². The maximum atomic E-state index is 5.84. The van der Waals surface area contributed by atoms with Crippen LogP contribution in [-0.4, -0.2) is 35.4 Å². The minimum Gasteiger partial charge on any atom is -0.496 e. The highest BCUT2D eigenvalue weighted by atomic mass is 16.5. The summed E-state index contributed by atoms with van der Waals surface area (Å²) in [5, 5.41) is 0. The average molecular weight is 484 g/mol. The summed E-state index contributed by atoms with van der Waals surface area (Å²) < 4.78 is 16.9. The number of methoxy groups -OCH3 is 3. The van der Waals surface area contributed by atoms with Crippen molar-refractivity contribution in [2.24, 2.45) is 0 Å². The highest BCUT2D eigenvalue weighted by molar-refractivity contribution is 5.91. The first-order valence-electron chi connectivity index (χ1n) is 12.0. The Hall–Kier alpha value is -3.92. The molecule has 3 aromatic carbocycles. The molecule has 0 aliphatic carbocycles. The van der Waals surface area contributed by atoms with Crippen molar-refractivity contribution in [3.05, 3.63) is 83.4 Å². The summed E-state index contributed by atoms with van der Waals surface area (Å²) in [5.74, 6) is 2.21. The van der Waals surface area contributed by atoms with Crippen LogP contribution in [-0.2, 0) is 0 Å². The second-order valence-corrected chi connectivity index (χ2v) is 8.99. The molecule has 36 heavy (non-hydrogen) atoms. The fourth-order valence-corrected chi connectivity index (χ4v) is 4.30. The van der Waals surface area contributed by atoms with Crippen molar-refractivity contribution in [1.82, 2.24) is 0 Å². The molecule has 4 nitrogen and oxygen atoms in total. The van der Waals surface area contributed by atoms with Gasteiger partial charge >= 0.3 is 0 Å². The van der Waals surface area contributed by atoms with Crippen LogP contribution in [0.3, 0.4) is 0 Å². The topological polar surface area (TPSA) is 30.9 Å². The summed E-state index contributed by atoms with van der Waals surface area (Å²) in [6.45, 7) is 10.3. The summed E-state index contributed by atoms with van der Waals surface area (Å²) >= 11 is 0. The number of ether oxygens (including phenoxy) is 3. The van der Waals surface area contributed by atoms with E-state index in [0.717, 1.165) is 56.0 Å². The lowest BCUT2D eigenvalue weighted by Gasteiger charge is -2.18. The fourth-order valence-electron chi connectivity index (χ4n) is 4.30. The Morgan fingerprint density at radius 2 is 1.44 bits per heavy atom. The monoisotopic (exact) mass is 483 g/mol. The molecule has 0 aromatic heterocycles. The number of rotatable bonds is 9. The van der Waals surface area contributed by atoms with Gasteiger partial charge in [0, 0.05) is 25.3 Å². The molecule has 0 saturated heterocycles. The third kappa shape index (κ3) is 5.65. The molecule has 0 saturated carbocycles. The fraction of sp³-hybridized carbons (Fsp3) is 0.250. The summed E-state index contributed by atoms with van der Waals surface area (Å²) in [6.07, 6.45) is 6.35. The molecule has 0 aliphatic heterocycles. The lowest BCUT2D eigenvalue weighted by Crippen LogP contribution is -2.08. The van der Waals surface area contributed by atoms with Gasteiger partial charge in [0.2, 0.25) is 0 Å². The third-order valence-corrected chi connectivity index (χ3v) is 6.20. The Morgan fingerprint density at radius 1 is 0.806 bits per heavy atom. The minimum absolute atomic E-state index is 0.686. The highest BCUT2D eigenvalue weighted by Gasteiger charge is 2.15. The normalized spacial score (nSPS) is 11.5. The molecule has 4 heteroatoms. The predicted octanol–water partition coefficient (Wildman–Crippen LogP) is 8.07. The van der Waals surface area contributed by atoms with Gasteiger partial charge in [0.1, 0.15) is 5.75 Å². The quantitative estimate of drug-likeness (QED) is 0.288. The van der Waals surface area contributed by atoms with Crippen LogP contribution in [0.15, 0.2) is 61.2 Å². The third-order valence-electron chi connectivity index (χ3n) is 6.20. The van der Waals surface area contributed by atoms with Crippen molar-refractivity contribution in [1.29, 1.82) is 0 Å². The minimum atomic E-state index is 0.686. The smallest absolute Gasteiger partial charge is 0.161 e. The van der Waals surface area contributed by atoms with Gasteiger partial charge in [-0.15, -0.1) is 0 Å². The van der Waals surface area contributed by atoms with Crippen LogP contribution in [0, 0.1) is 0 Å². The first-order chi connectivity index (χ1) is 17.2. The second kappa shape index (κ2) is 11.7. The van der Waals surface area contributed by atoms with Gasteiger partial charge in [0.25, 0.3) is 0 Å². The molecular formula is C32H37NO3. The molecular weight excluding hydrogens is 446 g/mol. The number of allylic oxidation sites excluding steroid dienone is 3. The number of hydrogen-bond donors (Lipinski definition) is 0. The van der Waals surface area contributed by atoms with E-state index in [-0.39, 0.29) is 0 Å². The maximum absolute atomic E-state index is 5.84. The summed E-state index contributed by atoms with van der Waals surface area (Å²) in [5.41, 5.74) is 9.62. The van der Waals surface area contributed by atoms with Crippen LogP contribution in [0.1, 0.15) is 43.0 Å². The zero-order chi connectivity index (χ0) is 26.4. The zero-order valence-electron chi connectivity index (χ0n) is 22.7. The van der Waals surface area contributed by atoms with Gasteiger partial charge in [-0.25, -0.2) is 0 Å². The van der Waals surface area contributed by atoms with Gasteiger partial charge in [0.15, 0.2) is 11.5 Å². The van der Waals surface area contributed by atoms with Crippen molar-refractivity contribution in [2.75, 3.05) is 40.3 Å². The lowest BCUT2D eigenvalue weighted by atomic mass is 9.91. The van der Waals surface area contributed by atoms with Crippen LogP contribution in [0.2, 0.25) is 0 Å². The molecule has 0 bridgehead atoms. The molecule has 0 fully saturated rings. The molecule has 0 spiro atoms. The van der Waals surface area contributed by atoms with Crippen LogP contribution >= 0.6 is 0 Å². The predicted molar refractivity (Wildman–Crippen MR) is 155 cm³/mol. The SMILES string of the molecule is C=C(C)c1cc(OC)c(OC)cc1/C=C(\C)c1cc(-c2cccc(N(C)C)c2)c(OC)cc1/C=C\C. The number of nitrogens with zero attached hydrogens (tertiary/aromatic N) is 1. The van der Waals surface area contributed by atoms with Crippen molar-refractivity contribution < 1.29 is 14.2 Å². The zero-order valence-corrected chi connectivity index (χ0v) is 22.7. The Kier molecular flexibility index (Phi) is 8.65. The molecule has 0 radical (unpaired) electrons. The standard InChI is InChI=1S/C32H37NO3/c1-10-12-23-17-30(34-7)29(24-13-11-14-26(16-24)33(5)6)19-28(23)22(4)15-25-18-31(35-8)32(36-9)20-27(25)21(2)3/h10-20H,2H2,1,3-9H3/b12-10-,22-15+. The van der Waals surface area contributed by atoms with Gasteiger partial charge in [-0.05, 0) is 90.6 Å². The van der Waals surface area contributed by atoms with Gasteiger partial charge in [0.05, 0.1) is 21.3 Å². The van der Waals surface area contributed by atoms with Gasteiger partial charge in [-0.1, -0.05) is 42.5 Å². The Labute approximate surface area is 216 Å². The first kappa shape index (κ1) is 26.7. The largest absolute Gasteiger partial charge is 0.496 e. The van der Waals surface area contributed by atoms with E-state index in [1.54, 1.807) is 21.3 Å². The van der Waals surface area contributed by atoms with Crippen molar-refractivity contribution in [3.63, 3.8) is 0 Å². The van der Waals surface area contributed by atoms with Crippen molar-refractivity contribution in [2.45, 2.75) is 20.8 Å². The maximum Gasteiger partial charge on any atom is 0.161 e. The summed E-state index contributed by atoms with van der Waals surface area (Å²) in [7, 11) is 9.12. The van der Waals surface area contributed by atoms with Gasteiger partial charge < -0.3 is 19.1 Å². The van der Waals surface area contributed by atoms with E-state index in [1.165, 1.54) is 0 Å². The number of anilines is 1. The molecule has 0 amide bonds. The van der Waals surface area contributed by atoms with Crippen molar-refractivity contribution in [3.8, 4) is 28.4 Å². The summed E-state index contributed by atoms with van der Waals surface area (Å²) in [4.78, 5) is 2.10. The lowest BCUT2D eigenvalue weighted by molar-refractivity contribution is 0.355. The molecule has 0 heterocycles. The first-order valence-corrected chi connectivity index (χ1v) is 12.0. The molecule has 3 aromatic rings. The van der Waals surface area contributed by atoms with Gasteiger partial charge in [-0.2, -0.15) is 0 Å². The second-order valence-electron chi connectivity index (χ2n) is 8.99. The summed E-state index contributed by atoms with van der Waals surface area (Å²) in [6, 6.07) is 16.8. The van der Waals surface area contributed by atoms with Crippen LogP contribution in [0.4, 0.5) is 5.69 Å². The Bertz CT molecular complexity index is 1320. The van der Waals surface area contributed by atoms with E-state index < -0.39 is 0 Å². The molecule has 0 unspecified atom stereocenters. The molecule has 188 valence electrons. The van der Waals surface area contributed by atoms with E-state index in [0.29, 0.717) is 11.5 Å². The van der Waals surface area contributed by atoms with E-state index in [4.69, 9.17) is 14.2 Å². The van der Waals surface area contributed by atoms with E-state index in [2.05, 4.69) is 67.0 Å². The molecule has 0 atom stereocenters. The number of hydrogen-bond acceptors (Lipinski definition) is 4.